The van der Waals surface area contributed by atoms with Gasteiger partial charge in [-0.1, -0.05) is 29.8 Å². The fourth-order valence-electron chi connectivity index (χ4n) is 1.07. The van der Waals surface area contributed by atoms with Crippen molar-refractivity contribution in [1.82, 2.24) is 5.43 Å². The molecule has 0 spiro atoms. The zero-order valence-electron chi connectivity index (χ0n) is 8.24. The van der Waals surface area contributed by atoms with Crippen LogP contribution in [0.4, 0.5) is 4.79 Å². The van der Waals surface area contributed by atoms with Gasteiger partial charge in [-0.05, 0) is 19.4 Å². The first-order valence-corrected chi connectivity index (χ1v) is 4.26. The van der Waals surface area contributed by atoms with Gasteiger partial charge in [-0.25, -0.2) is 10.2 Å². The van der Waals surface area contributed by atoms with Gasteiger partial charge < -0.3 is 5.73 Å². The number of rotatable bonds is 2. The maximum Gasteiger partial charge on any atom is 0.332 e. The average molecular weight is 191 g/mol. The van der Waals surface area contributed by atoms with E-state index in [1.807, 2.05) is 38.1 Å². The molecular formula is C10H13N3O. The third-order valence-corrected chi connectivity index (χ3v) is 1.77. The van der Waals surface area contributed by atoms with Crippen LogP contribution in [0.5, 0.6) is 0 Å². The molecule has 0 fully saturated rings. The molecule has 2 amide bonds. The van der Waals surface area contributed by atoms with Crippen LogP contribution in [-0.2, 0) is 0 Å². The molecule has 74 valence electrons. The second-order valence-corrected chi connectivity index (χ2v) is 3.04. The van der Waals surface area contributed by atoms with E-state index < -0.39 is 6.03 Å². The third kappa shape index (κ3) is 2.90. The van der Waals surface area contributed by atoms with Crippen LogP contribution in [-0.4, -0.2) is 11.7 Å². The second-order valence-electron chi connectivity index (χ2n) is 3.04. The summed E-state index contributed by atoms with van der Waals surface area (Å²) in [4.78, 5) is 10.4. The summed E-state index contributed by atoms with van der Waals surface area (Å²) < 4.78 is 0. The lowest BCUT2D eigenvalue weighted by molar-refractivity contribution is 0.249. The van der Waals surface area contributed by atoms with Crippen molar-refractivity contribution in [3.05, 3.63) is 35.4 Å². The highest BCUT2D eigenvalue weighted by molar-refractivity contribution is 5.99. The molecule has 0 aromatic heterocycles. The Morgan fingerprint density at radius 2 is 2.21 bits per heavy atom. The maximum absolute atomic E-state index is 10.4. The molecule has 0 bridgehead atoms. The molecule has 0 aliphatic heterocycles. The minimum atomic E-state index is -0.656. The summed E-state index contributed by atoms with van der Waals surface area (Å²) in [5.41, 5.74) is 9.93. The van der Waals surface area contributed by atoms with Gasteiger partial charge in [-0.3, -0.25) is 0 Å². The first kappa shape index (κ1) is 10.2. The predicted octanol–water partition coefficient (Wildman–Crippen LogP) is 1.39. The molecule has 0 radical (unpaired) electrons. The van der Waals surface area contributed by atoms with Crippen LogP contribution in [0, 0.1) is 6.92 Å². The van der Waals surface area contributed by atoms with Crippen molar-refractivity contribution in [2.45, 2.75) is 13.8 Å². The lowest BCUT2D eigenvalue weighted by Gasteiger charge is -2.01. The van der Waals surface area contributed by atoms with Gasteiger partial charge in [-0.2, -0.15) is 5.10 Å². The number of primary amides is 1. The smallest absolute Gasteiger partial charge is 0.332 e. The Hall–Kier alpha value is -1.84. The minimum absolute atomic E-state index is 0.656. The number of amides is 2. The lowest BCUT2D eigenvalue weighted by atomic mass is 10.1. The Labute approximate surface area is 82.8 Å². The van der Waals surface area contributed by atoms with Crippen molar-refractivity contribution < 1.29 is 4.79 Å². The highest BCUT2D eigenvalue weighted by Crippen LogP contribution is 2.04. The number of benzene rings is 1. The van der Waals surface area contributed by atoms with Gasteiger partial charge in [-0.15, -0.1) is 0 Å². The molecule has 1 rings (SSSR count). The Kier molecular flexibility index (Phi) is 3.23. The Balaban J connectivity index is 2.83. The van der Waals surface area contributed by atoms with E-state index in [4.69, 9.17) is 5.73 Å². The fraction of sp³-hybridized carbons (Fsp3) is 0.200. The molecule has 0 unspecified atom stereocenters. The summed E-state index contributed by atoms with van der Waals surface area (Å²) in [5, 5.41) is 3.83. The molecule has 0 aliphatic rings. The van der Waals surface area contributed by atoms with Gasteiger partial charge in [0.1, 0.15) is 0 Å². The van der Waals surface area contributed by atoms with Gasteiger partial charge in [0.25, 0.3) is 0 Å². The van der Waals surface area contributed by atoms with E-state index in [1.54, 1.807) is 0 Å². The van der Waals surface area contributed by atoms with Gasteiger partial charge >= 0.3 is 6.03 Å². The first-order valence-electron chi connectivity index (χ1n) is 4.26. The number of hydrogen-bond donors (Lipinski definition) is 2. The Bertz CT molecular complexity index is 371. The molecule has 1 aromatic rings. The first-order chi connectivity index (χ1) is 6.59. The Morgan fingerprint density at radius 1 is 1.50 bits per heavy atom. The molecule has 0 aliphatic carbocycles. The summed E-state index contributed by atoms with van der Waals surface area (Å²) in [6, 6.07) is 7.19. The summed E-state index contributed by atoms with van der Waals surface area (Å²) in [7, 11) is 0. The van der Waals surface area contributed by atoms with Crippen LogP contribution >= 0.6 is 0 Å². The maximum atomic E-state index is 10.4. The molecule has 14 heavy (non-hydrogen) atoms. The highest BCUT2D eigenvalue weighted by Gasteiger charge is 1.97. The molecule has 0 saturated heterocycles. The number of nitrogens with zero attached hydrogens (tertiary/aromatic N) is 1. The molecule has 0 atom stereocenters. The molecule has 4 nitrogen and oxygen atoms in total. The fourth-order valence-corrected chi connectivity index (χ4v) is 1.07. The number of aryl methyl sites for hydroxylation is 1. The van der Waals surface area contributed by atoms with Gasteiger partial charge in [0.15, 0.2) is 0 Å². The van der Waals surface area contributed by atoms with Crippen molar-refractivity contribution in [2.75, 3.05) is 0 Å². The van der Waals surface area contributed by atoms with E-state index in [0.29, 0.717) is 0 Å². The molecule has 0 heterocycles. The van der Waals surface area contributed by atoms with E-state index in [2.05, 4.69) is 10.5 Å². The molecule has 0 saturated carbocycles. The normalized spacial score (nSPS) is 11.1. The molecule has 4 heteroatoms. The van der Waals surface area contributed by atoms with Crippen LogP contribution in [0.1, 0.15) is 18.1 Å². The Morgan fingerprint density at radius 3 is 2.79 bits per heavy atom. The van der Waals surface area contributed by atoms with Crippen LogP contribution < -0.4 is 11.2 Å². The largest absolute Gasteiger partial charge is 0.350 e. The van der Waals surface area contributed by atoms with Crippen LogP contribution in [0.3, 0.4) is 0 Å². The number of nitrogens with one attached hydrogen (secondary N) is 1. The number of hydrazone groups is 1. The summed E-state index contributed by atoms with van der Waals surface area (Å²) in [6.45, 7) is 3.81. The van der Waals surface area contributed by atoms with Gasteiger partial charge in [0.2, 0.25) is 0 Å². The standard InChI is InChI=1S/C10H13N3O/c1-7-4-3-5-9(6-7)8(2)12-13-10(11)14/h3-6H,1-2H3,(H3,11,13,14)/b12-8-. The number of nitrogens with two attached hydrogens (primary N) is 1. The number of carbonyl (C=O) groups excluding carboxylic acids is 1. The quantitative estimate of drug-likeness (QED) is 0.538. The lowest BCUT2D eigenvalue weighted by Crippen LogP contribution is -2.25. The SMILES string of the molecule is C/C(=N/NC(N)=O)c1cccc(C)c1. The van der Waals surface area contributed by atoms with Crippen molar-refractivity contribution in [3.63, 3.8) is 0 Å². The van der Waals surface area contributed by atoms with E-state index in [9.17, 15) is 4.79 Å². The molecule has 3 N–H and O–H groups in total. The van der Waals surface area contributed by atoms with Crippen LogP contribution in [0.15, 0.2) is 29.4 Å². The number of hydrogen-bond acceptors (Lipinski definition) is 2. The minimum Gasteiger partial charge on any atom is -0.350 e. The zero-order chi connectivity index (χ0) is 10.6. The number of urea groups is 1. The summed E-state index contributed by atoms with van der Waals surface area (Å²) in [6.07, 6.45) is 0. The highest BCUT2D eigenvalue weighted by atomic mass is 16.2. The van der Waals surface area contributed by atoms with E-state index in [1.165, 1.54) is 0 Å². The van der Waals surface area contributed by atoms with E-state index in [-0.39, 0.29) is 0 Å². The van der Waals surface area contributed by atoms with Crippen molar-refractivity contribution in [2.24, 2.45) is 10.8 Å². The number of carbonyl (C=O) groups is 1. The van der Waals surface area contributed by atoms with E-state index in [0.717, 1.165) is 16.8 Å². The zero-order valence-corrected chi connectivity index (χ0v) is 8.24. The van der Waals surface area contributed by atoms with Gasteiger partial charge in [0, 0.05) is 0 Å². The van der Waals surface area contributed by atoms with Crippen molar-refractivity contribution in [1.29, 1.82) is 0 Å². The van der Waals surface area contributed by atoms with Crippen molar-refractivity contribution in [3.8, 4) is 0 Å². The second kappa shape index (κ2) is 4.41. The molecule has 1 aromatic carbocycles. The van der Waals surface area contributed by atoms with Crippen LogP contribution in [0.2, 0.25) is 0 Å². The monoisotopic (exact) mass is 191 g/mol. The summed E-state index contributed by atoms with van der Waals surface area (Å²) >= 11 is 0. The predicted molar refractivity (Wildman–Crippen MR) is 56.1 cm³/mol. The summed E-state index contributed by atoms with van der Waals surface area (Å²) in [5.74, 6) is 0. The average Bonchev–Trinajstić information content (AvgIpc) is 2.14. The van der Waals surface area contributed by atoms with Crippen molar-refractivity contribution >= 4 is 11.7 Å². The van der Waals surface area contributed by atoms with E-state index >= 15 is 0 Å². The molecular weight excluding hydrogens is 178 g/mol. The van der Waals surface area contributed by atoms with Gasteiger partial charge in [0.05, 0.1) is 5.71 Å². The topological polar surface area (TPSA) is 67.5 Å². The van der Waals surface area contributed by atoms with Crippen LogP contribution in [0.25, 0.3) is 0 Å². The third-order valence-electron chi connectivity index (χ3n) is 1.77.